The van der Waals surface area contributed by atoms with E-state index in [4.69, 9.17) is 9.15 Å². The van der Waals surface area contributed by atoms with Crippen LogP contribution < -0.4 is 4.74 Å². The number of halogens is 1. The monoisotopic (exact) mass is 349 g/mol. The summed E-state index contributed by atoms with van der Waals surface area (Å²) in [6.07, 6.45) is 0. The number of fused-ring (bicyclic) bond motifs is 1. The van der Waals surface area contributed by atoms with Gasteiger partial charge >= 0.3 is 0 Å². The largest absolute Gasteiger partial charge is 0.497 e. The number of ether oxygens (including phenoxy) is 1. The number of hydrogen-bond donors (Lipinski definition) is 0. The third-order valence-electron chi connectivity index (χ3n) is 2.88. The van der Waals surface area contributed by atoms with Crippen LogP contribution in [0.25, 0.3) is 11.1 Å². The Morgan fingerprint density at radius 1 is 1.25 bits per heavy atom. The maximum atomic E-state index is 5.69. The second-order valence-corrected chi connectivity index (χ2v) is 5.97. The molecule has 0 aliphatic heterocycles. The maximum absolute atomic E-state index is 5.69. The van der Waals surface area contributed by atoms with Crippen LogP contribution in [0.4, 0.5) is 0 Å². The number of oxazole rings is 1. The van der Waals surface area contributed by atoms with E-state index in [1.165, 1.54) is 0 Å². The number of aromatic nitrogens is 1. The van der Waals surface area contributed by atoms with E-state index in [1.54, 1.807) is 18.9 Å². The van der Waals surface area contributed by atoms with Gasteiger partial charge in [0.25, 0.3) is 5.22 Å². The topological polar surface area (TPSA) is 35.3 Å². The molecule has 2 aromatic carbocycles. The Balaban J connectivity index is 1.79. The summed E-state index contributed by atoms with van der Waals surface area (Å²) in [5, 5.41) is 0.681. The summed E-state index contributed by atoms with van der Waals surface area (Å²) in [4.78, 5) is 4.45. The highest BCUT2D eigenvalue weighted by atomic mass is 79.9. The van der Waals surface area contributed by atoms with Crippen LogP contribution in [0.15, 0.2) is 56.6 Å². The first-order valence-electron chi connectivity index (χ1n) is 6.07. The predicted molar refractivity (Wildman–Crippen MR) is 84.3 cm³/mol. The molecule has 0 aliphatic carbocycles. The Kier molecular flexibility index (Phi) is 3.98. The van der Waals surface area contributed by atoms with Crippen molar-refractivity contribution in [3.63, 3.8) is 0 Å². The molecule has 0 aliphatic rings. The van der Waals surface area contributed by atoms with E-state index in [2.05, 4.69) is 20.9 Å². The molecule has 1 heterocycles. The van der Waals surface area contributed by atoms with Gasteiger partial charge in [0.05, 0.1) is 7.11 Å². The number of methoxy groups -OCH3 is 1. The molecule has 3 nitrogen and oxygen atoms in total. The van der Waals surface area contributed by atoms with Gasteiger partial charge in [-0.2, -0.15) is 0 Å². The van der Waals surface area contributed by atoms with Gasteiger partial charge in [0.15, 0.2) is 5.58 Å². The minimum atomic E-state index is 0.681. The van der Waals surface area contributed by atoms with Gasteiger partial charge in [-0.1, -0.05) is 39.8 Å². The Labute approximate surface area is 129 Å². The fourth-order valence-electron chi connectivity index (χ4n) is 1.84. The predicted octanol–water partition coefficient (Wildman–Crippen LogP) is 4.89. The van der Waals surface area contributed by atoms with Gasteiger partial charge in [0, 0.05) is 10.2 Å². The molecule has 0 saturated carbocycles. The van der Waals surface area contributed by atoms with Crippen molar-refractivity contribution in [1.82, 2.24) is 4.98 Å². The molecule has 20 heavy (non-hydrogen) atoms. The van der Waals surface area contributed by atoms with E-state index in [9.17, 15) is 0 Å². The first-order valence-corrected chi connectivity index (χ1v) is 7.85. The lowest BCUT2D eigenvalue weighted by Crippen LogP contribution is -1.87. The lowest BCUT2D eigenvalue weighted by Gasteiger charge is -2.05. The highest BCUT2D eigenvalue weighted by Gasteiger charge is 2.08. The molecule has 0 radical (unpaired) electrons. The van der Waals surface area contributed by atoms with Crippen LogP contribution in [-0.4, -0.2) is 12.1 Å². The van der Waals surface area contributed by atoms with Gasteiger partial charge in [-0.25, -0.2) is 4.98 Å². The molecule has 0 atom stereocenters. The van der Waals surface area contributed by atoms with Crippen molar-refractivity contribution >= 4 is 38.8 Å². The Bertz CT molecular complexity index is 709. The van der Waals surface area contributed by atoms with Crippen LogP contribution in [0, 0.1) is 0 Å². The molecule has 1 aromatic heterocycles. The van der Waals surface area contributed by atoms with Crippen LogP contribution in [0.2, 0.25) is 0 Å². The van der Waals surface area contributed by atoms with Gasteiger partial charge in [0.1, 0.15) is 11.3 Å². The summed E-state index contributed by atoms with van der Waals surface area (Å²) in [5.41, 5.74) is 2.86. The minimum Gasteiger partial charge on any atom is -0.497 e. The number of benzene rings is 2. The van der Waals surface area contributed by atoms with Gasteiger partial charge in [0.2, 0.25) is 0 Å². The number of rotatable bonds is 4. The molecule has 0 fully saturated rings. The zero-order valence-corrected chi connectivity index (χ0v) is 13.2. The van der Waals surface area contributed by atoms with Crippen LogP contribution in [-0.2, 0) is 5.75 Å². The molecule has 0 N–H and O–H groups in total. The molecule has 102 valence electrons. The van der Waals surface area contributed by atoms with Crippen LogP contribution in [0.3, 0.4) is 0 Å². The Morgan fingerprint density at radius 2 is 2.10 bits per heavy atom. The molecule has 0 spiro atoms. The van der Waals surface area contributed by atoms with Crippen molar-refractivity contribution < 1.29 is 9.15 Å². The zero-order chi connectivity index (χ0) is 13.9. The molecule has 0 saturated heterocycles. The molecule has 5 heteroatoms. The van der Waals surface area contributed by atoms with Crippen molar-refractivity contribution in [3.8, 4) is 5.75 Å². The van der Waals surface area contributed by atoms with Crippen LogP contribution >= 0.6 is 27.7 Å². The second kappa shape index (κ2) is 5.89. The highest BCUT2D eigenvalue weighted by molar-refractivity contribution is 9.10. The first-order chi connectivity index (χ1) is 9.76. The summed E-state index contributed by atoms with van der Waals surface area (Å²) < 4.78 is 12.0. The molecular weight excluding hydrogens is 338 g/mol. The summed E-state index contributed by atoms with van der Waals surface area (Å²) in [6.45, 7) is 0. The molecule has 3 aromatic rings. The molecular formula is C15H12BrNO2S. The minimum absolute atomic E-state index is 0.681. The smallest absolute Gasteiger partial charge is 0.257 e. The average Bonchev–Trinajstić information content (AvgIpc) is 2.89. The van der Waals surface area contributed by atoms with E-state index >= 15 is 0 Å². The van der Waals surface area contributed by atoms with E-state index < -0.39 is 0 Å². The second-order valence-electron chi connectivity index (χ2n) is 4.19. The van der Waals surface area contributed by atoms with E-state index in [1.807, 2.05) is 42.5 Å². The number of para-hydroxylation sites is 2. The summed E-state index contributed by atoms with van der Waals surface area (Å²) in [7, 11) is 1.67. The third kappa shape index (κ3) is 2.83. The third-order valence-corrected chi connectivity index (χ3v) is 4.53. The number of nitrogens with zero attached hydrogens (tertiary/aromatic N) is 1. The number of thioether (sulfide) groups is 1. The van der Waals surface area contributed by atoms with E-state index in [0.29, 0.717) is 5.22 Å². The van der Waals surface area contributed by atoms with Crippen LogP contribution in [0.1, 0.15) is 5.56 Å². The maximum Gasteiger partial charge on any atom is 0.257 e. The quantitative estimate of drug-likeness (QED) is 0.628. The highest BCUT2D eigenvalue weighted by Crippen LogP contribution is 2.30. The average molecular weight is 350 g/mol. The summed E-state index contributed by atoms with van der Waals surface area (Å²) >= 11 is 5.12. The molecule has 3 rings (SSSR count). The van der Waals surface area contributed by atoms with Gasteiger partial charge in [-0.05, 0) is 35.9 Å². The summed E-state index contributed by atoms with van der Waals surface area (Å²) in [6, 6.07) is 13.7. The van der Waals surface area contributed by atoms with Crippen LogP contribution in [0.5, 0.6) is 5.75 Å². The summed E-state index contributed by atoms with van der Waals surface area (Å²) in [5.74, 6) is 1.62. The van der Waals surface area contributed by atoms with Gasteiger partial charge in [-0.15, -0.1) is 0 Å². The zero-order valence-electron chi connectivity index (χ0n) is 10.8. The Hall–Kier alpha value is -1.46. The molecule has 0 amide bonds. The fraction of sp³-hybridized carbons (Fsp3) is 0.133. The number of hydrogen-bond acceptors (Lipinski definition) is 4. The van der Waals surface area contributed by atoms with Crippen molar-refractivity contribution in [2.24, 2.45) is 0 Å². The molecule has 0 unspecified atom stereocenters. The lowest BCUT2D eigenvalue weighted by molar-refractivity contribution is 0.414. The van der Waals surface area contributed by atoms with Crippen molar-refractivity contribution in [2.75, 3.05) is 7.11 Å². The Morgan fingerprint density at radius 3 is 2.90 bits per heavy atom. The lowest BCUT2D eigenvalue weighted by atomic mass is 10.2. The van der Waals surface area contributed by atoms with Crippen molar-refractivity contribution in [1.29, 1.82) is 0 Å². The fourth-order valence-corrected chi connectivity index (χ4v) is 3.24. The van der Waals surface area contributed by atoms with Crippen molar-refractivity contribution in [3.05, 3.63) is 52.5 Å². The van der Waals surface area contributed by atoms with Crippen molar-refractivity contribution in [2.45, 2.75) is 11.0 Å². The normalized spacial score (nSPS) is 10.9. The SMILES string of the molecule is COc1ccc(Br)c(CSc2nc3ccccc3o2)c1. The molecule has 0 bridgehead atoms. The standard InChI is InChI=1S/C15H12BrNO2S/c1-18-11-6-7-12(16)10(8-11)9-20-15-17-13-4-2-3-5-14(13)19-15/h2-8H,9H2,1H3. The van der Waals surface area contributed by atoms with Gasteiger partial charge < -0.3 is 9.15 Å². The van der Waals surface area contributed by atoms with E-state index in [0.717, 1.165) is 32.6 Å². The first kappa shape index (κ1) is 13.5. The van der Waals surface area contributed by atoms with Gasteiger partial charge in [-0.3, -0.25) is 0 Å². The van der Waals surface area contributed by atoms with E-state index in [-0.39, 0.29) is 0 Å².